The average molecular weight is 490 g/mol. The van der Waals surface area contributed by atoms with Crippen LogP contribution in [0.4, 0.5) is 4.39 Å². The quantitative estimate of drug-likeness (QED) is 0.419. The molecule has 2 N–H and O–H groups in total. The summed E-state index contributed by atoms with van der Waals surface area (Å²) < 4.78 is 27.1. The highest BCUT2D eigenvalue weighted by atomic mass is 19.1. The molecule has 3 atom stereocenters. The lowest BCUT2D eigenvalue weighted by Gasteiger charge is -2.31. The molecule has 0 aliphatic carbocycles. The number of rotatable bonds is 6. The molecule has 2 aliphatic heterocycles. The lowest BCUT2D eigenvalue weighted by Crippen LogP contribution is -2.35. The van der Waals surface area contributed by atoms with E-state index in [9.17, 15) is 14.6 Å². The van der Waals surface area contributed by atoms with Crippen molar-refractivity contribution in [2.75, 3.05) is 19.7 Å². The Labute approximate surface area is 211 Å². The summed E-state index contributed by atoms with van der Waals surface area (Å²) in [6, 6.07) is 17.5. The largest absolute Gasteiger partial charge is 0.508 e. The molecule has 5 rings (SSSR count). The lowest BCUT2D eigenvalue weighted by atomic mass is 9.86. The van der Waals surface area contributed by atoms with E-state index in [1.165, 1.54) is 12.5 Å². The third-order valence-corrected chi connectivity index (χ3v) is 7.24. The summed E-state index contributed by atoms with van der Waals surface area (Å²) in [7, 11) is 0. The van der Waals surface area contributed by atoms with Crippen molar-refractivity contribution in [2.45, 2.75) is 39.3 Å². The van der Waals surface area contributed by atoms with E-state index in [4.69, 9.17) is 9.47 Å². The molecule has 0 saturated carbocycles. The van der Waals surface area contributed by atoms with Crippen LogP contribution in [0.2, 0.25) is 0 Å². The number of ether oxygens (including phenoxy) is 2. The third kappa shape index (κ3) is 4.78. The number of phenols is 2. The van der Waals surface area contributed by atoms with Gasteiger partial charge in [-0.3, -0.25) is 4.90 Å². The van der Waals surface area contributed by atoms with Crippen molar-refractivity contribution in [3.63, 3.8) is 0 Å². The van der Waals surface area contributed by atoms with Crippen LogP contribution in [0, 0.1) is 11.7 Å². The first-order chi connectivity index (χ1) is 17.3. The van der Waals surface area contributed by atoms with E-state index < -0.39 is 11.9 Å². The Morgan fingerprint density at radius 1 is 1.08 bits per heavy atom. The zero-order valence-electron chi connectivity index (χ0n) is 20.9. The summed E-state index contributed by atoms with van der Waals surface area (Å²) in [6.07, 6.45) is 0.635. The molecule has 5 nitrogen and oxygen atoms in total. The van der Waals surface area contributed by atoms with Gasteiger partial charge in [0.15, 0.2) is 11.6 Å². The fourth-order valence-corrected chi connectivity index (χ4v) is 5.20. The van der Waals surface area contributed by atoms with E-state index in [-0.39, 0.29) is 17.2 Å². The minimum absolute atomic E-state index is 0.105. The van der Waals surface area contributed by atoms with Crippen molar-refractivity contribution in [1.29, 1.82) is 0 Å². The maximum atomic E-state index is 14.8. The van der Waals surface area contributed by atoms with E-state index in [1.807, 2.05) is 37.3 Å². The van der Waals surface area contributed by atoms with Gasteiger partial charge in [-0.1, -0.05) is 31.2 Å². The van der Waals surface area contributed by atoms with Gasteiger partial charge >= 0.3 is 0 Å². The van der Waals surface area contributed by atoms with Crippen molar-refractivity contribution in [2.24, 2.45) is 5.92 Å². The van der Waals surface area contributed by atoms with Crippen LogP contribution in [-0.2, 0) is 0 Å². The van der Waals surface area contributed by atoms with E-state index in [2.05, 4.69) is 18.7 Å². The molecule has 6 heteroatoms. The van der Waals surface area contributed by atoms with Crippen molar-refractivity contribution in [1.82, 2.24) is 4.90 Å². The van der Waals surface area contributed by atoms with Crippen LogP contribution in [-0.4, -0.2) is 40.9 Å². The Bertz CT molecular complexity index is 1290. The normalized spacial score (nSPS) is 20.7. The van der Waals surface area contributed by atoms with Crippen molar-refractivity contribution < 1.29 is 24.1 Å². The summed E-state index contributed by atoms with van der Waals surface area (Å²) >= 11 is 0. The number of halogens is 1. The van der Waals surface area contributed by atoms with Crippen LogP contribution in [0.25, 0.3) is 11.1 Å². The Morgan fingerprint density at radius 2 is 1.86 bits per heavy atom. The molecular formula is C30H32FNO4. The van der Waals surface area contributed by atoms with Gasteiger partial charge in [0, 0.05) is 29.8 Å². The monoisotopic (exact) mass is 489 g/mol. The number of phenolic OH excluding ortho intramolecular Hbond substituents is 2. The van der Waals surface area contributed by atoms with Crippen LogP contribution in [0.3, 0.4) is 0 Å². The predicted molar refractivity (Wildman–Crippen MR) is 139 cm³/mol. The Balaban J connectivity index is 1.43. The van der Waals surface area contributed by atoms with Gasteiger partial charge in [-0.15, -0.1) is 0 Å². The molecule has 3 aromatic carbocycles. The smallest absolute Gasteiger partial charge is 0.169 e. The summed E-state index contributed by atoms with van der Waals surface area (Å²) in [4.78, 5) is 2.47. The number of benzene rings is 3. The average Bonchev–Trinajstić information content (AvgIpc) is 3.29. The van der Waals surface area contributed by atoms with Gasteiger partial charge in [-0.2, -0.15) is 0 Å². The van der Waals surface area contributed by atoms with E-state index >= 15 is 0 Å². The summed E-state index contributed by atoms with van der Waals surface area (Å²) in [5.74, 6) is 0.956. The van der Waals surface area contributed by atoms with Crippen LogP contribution in [0.15, 0.2) is 60.7 Å². The highest BCUT2D eigenvalue weighted by Crippen LogP contribution is 2.48. The van der Waals surface area contributed by atoms with Crippen LogP contribution in [0.5, 0.6) is 23.0 Å². The predicted octanol–water partition coefficient (Wildman–Crippen LogP) is 6.41. The van der Waals surface area contributed by atoms with Gasteiger partial charge in [-0.05, 0) is 79.8 Å². The van der Waals surface area contributed by atoms with E-state index in [0.717, 1.165) is 53.1 Å². The lowest BCUT2D eigenvalue weighted by molar-refractivity contribution is 0.169. The van der Waals surface area contributed by atoms with Gasteiger partial charge < -0.3 is 19.7 Å². The van der Waals surface area contributed by atoms with E-state index in [1.54, 1.807) is 18.2 Å². The molecule has 36 heavy (non-hydrogen) atoms. The number of nitrogens with zero attached hydrogens (tertiary/aromatic N) is 1. The Hall–Kier alpha value is -3.51. The van der Waals surface area contributed by atoms with Crippen molar-refractivity contribution in [3.8, 4) is 23.0 Å². The molecule has 3 aromatic rings. The van der Waals surface area contributed by atoms with Crippen LogP contribution in [0.1, 0.15) is 50.0 Å². The molecular weight excluding hydrogens is 457 g/mol. The van der Waals surface area contributed by atoms with Gasteiger partial charge in [0.2, 0.25) is 0 Å². The minimum atomic E-state index is -0.616. The zero-order valence-corrected chi connectivity index (χ0v) is 20.9. The van der Waals surface area contributed by atoms with Gasteiger partial charge in [0.05, 0.1) is 0 Å². The second kappa shape index (κ2) is 9.86. The molecule has 0 bridgehead atoms. The van der Waals surface area contributed by atoms with E-state index in [0.29, 0.717) is 18.2 Å². The fourth-order valence-electron chi connectivity index (χ4n) is 5.20. The molecule has 3 unspecified atom stereocenters. The van der Waals surface area contributed by atoms with Crippen molar-refractivity contribution >= 4 is 11.1 Å². The highest BCUT2D eigenvalue weighted by Gasteiger charge is 2.32. The molecule has 0 aromatic heterocycles. The first kappa shape index (κ1) is 24.2. The van der Waals surface area contributed by atoms with Gasteiger partial charge in [-0.25, -0.2) is 4.39 Å². The number of aromatic hydroxyl groups is 2. The maximum Gasteiger partial charge on any atom is 0.169 e. The number of hydrogen-bond acceptors (Lipinski definition) is 5. The molecule has 2 heterocycles. The van der Waals surface area contributed by atoms with Crippen LogP contribution >= 0.6 is 0 Å². The molecule has 0 amide bonds. The van der Waals surface area contributed by atoms with Gasteiger partial charge in [0.1, 0.15) is 30.0 Å². The molecule has 188 valence electrons. The first-order valence-corrected chi connectivity index (χ1v) is 12.5. The number of fused-ring (bicyclic) bond motifs is 1. The zero-order chi connectivity index (χ0) is 25.4. The SMILES string of the molecule is CC1=C(c2cccc(O)c2)C(c2ccc(OCC(C)N3CCC(C)C3)cc2)Oc2c(F)cc(O)cc21. The summed E-state index contributed by atoms with van der Waals surface area (Å²) in [6.45, 7) is 9.20. The highest BCUT2D eigenvalue weighted by molar-refractivity contribution is 5.96. The maximum absolute atomic E-state index is 14.8. The molecule has 2 aliphatic rings. The van der Waals surface area contributed by atoms with Gasteiger partial charge in [0.25, 0.3) is 0 Å². The van der Waals surface area contributed by atoms with Crippen molar-refractivity contribution in [3.05, 3.63) is 83.2 Å². The summed E-state index contributed by atoms with van der Waals surface area (Å²) in [5, 5.41) is 20.1. The first-order valence-electron chi connectivity index (χ1n) is 12.5. The Kier molecular flexibility index (Phi) is 6.63. The number of likely N-dealkylation sites (tertiary alicyclic amines) is 1. The minimum Gasteiger partial charge on any atom is -0.508 e. The molecule has 0 radical (unpaired) electrons. The molecule has 0 spiro atoms. The molecule has 1 fully saturated rings. The Morgan fingerprint density at radius 3 is 2.56 bits per heavy atom. The second-order valence-electron chi connectivity index (χ2n) is 10.0. The number of allylic oxidation sites excluding steroid dienone is 1. The summed E-state index contributed by atoms with van der Waals surface area (Å²) in [5.41, 5.74) is 3.66. The van der Waals surface area contributed by atoms with Crippen LogP contribution < -0.4 is 9.47 Å². The standard InChI is InChI=1S/C30H32FNO4/c1-18-11-12-32(16-18)19(2)17-35-25-9-7-21(8-10-25)29-28(22-5-4-6-23(33)13-22)20(3)26-14-24(34)15-27(31)30(26)36-29/h4-10,13-15,18-19,29,33-34H,11-12,16-17H2,1-3H3. The topological polar surface area (TPSA) is 62.2 Å². The second-order valence-corrected chi connectivity index (χ2v) is 10.0. The third-order valence-electron chi connectivity index (χ3n) is 7.24. The fraction of sp³-hybridized carbons (Fsp3) is 0.333. The molecule has 1 saturated heterocycles. The number of hydrogen-bond donors (Lipinski definition) is 2.